The smallest absolute Gasteiger partial charge is 0.321 e. The number of pyridine rings is 1. The number of carboxylic acids is 1. The van der Waals surface area contributed by atoms with Crippen molar-refractivity contribution in [3.63, 3.8) is 0 Å². The number of methoxy groups -OCH3 is 1. The maximum atomic E-state index is 12.1. The van der Waals surface area contributed by atoms with Crippen molar-refractivity contribution >= 4 is 34.5 Å². The van der Waals surface area contributed by atoms with Crippen LogP contribution in [-0.4, -0.2) is 95.7 Å². The Morgan fingerprint density at radius 1 is 1.04 bits per heavy atom. The number of nitro groups is 1. The molecule has 2 aromatic heterocycles. The number of ether oxygens (including phenoxy) is 3. The molecule has 0 amide bonds. The first-order valence-electron chi connectivity index (χ1n) is 16.0. The number of carboxylic acid groups (broad SMARTS) is 1. The first-order chi connectivity index (χ1) is 23.2. The molecule has 252 valence electrons. The summed E-state index contributed by atoms with van der Waals surface area (Å²) in [6, 6.07) is 14.6. The van der Waals surface area contributed by atoms with Gasteiger partial charge >= 0.3 is 5.97 Å². The van der Waals surface area contributed by atoms with E-state index in [4.69, 9.17) is 29.2 Å². The molecule has 0 spiro atoms. The van der Waals surface area contributed by atoms with Crippen LogP contribution in [0, 0.1) is 10.1 Å². The lowest BCUT2D eigenvalue weighted by atomic mass is 10.0. The summed E-state index contributed by atoms with van der Waals surface area (Å²) in [7, 11) is 1.57. The van der Waals surface area contributed by atoms with E-state index in [-0.39, 0.29) is 30.9 Å². The van der Waals surface area contributed by atoms with E-state index in [1.807, 2.05) is 44.2 Å². The van der Waals surface area contributed by atoms with Crippen LogP contribution in [-0.2, 0) is 27.2 Å². The number of morpholine rings is 2. The lowest BCUT2D eigenvalue weighted by Gasteiger charge is -2.36. The van der Waals surface area contributed by atoms with Gasteiger partial charge in [0.1, 0.15) is 17.6 Å². The maximum absolute atomic E-state index is 12.1. The van der Waals surface area contributed by atoms with Crippen LogP contribution in [0.5, 0.6) is 5.75 Å². The number of nitrogens with one attached hydrogen (secondary N) is 1. The fraction of sp³-hybridized carbons (Fsp3) is 0.412. The number of anilines is 2. The Kier molecular flexibility index (Phi) is 9.94. The van der Waals surface area contributed by atoms with Crippen molar-refractivity contribution in [2.45, 2.75) is 45.1 Å². The fourth-order valence-electron chi connectivity index (χ4n) is 6.19. The number of fused-ring (bicyclic) bond motifs is 1. The molecular weight excluding hydrogens is 618 g/mol. The molecule has 2 N–H and O–H groups in total. The molecule has 2 fully saturated rings. The van der Waals surface area contributed by atoms with Crippen molar-refractivity contribution in [1.82, 2.24) is 20.3 Å². The standard InChI is InChI=1S/C34H39N7O7/c1-21-19-40(20-22(2)48-21)34-37-31-27(32(38-34)39-12-14-47-15-13-39)9-10-28(36-31)24-6-11-30(46-3)25(17-24)18-35-29(33(42)43)16-23-4-7-26(8-5-23)41(44)45/h4-11,17,21-22,29,35H,12-16,18-20H2,1-3H3,(H,42,43)/t21-,22+,29?. The molecular formula is C34H39N7O7. The largest absolute Gasteiger partial charge is 0.496 e. The van der Waals surface area contributed by atoms with Gasteiger partial charge in [0.05, 0.1) is 48.5 Å². The lowest BCUT2D eigenvalue weighted by Crippen LogP contribution is -2.46. The molecule has 1 unspecified atom stereocenters. The SMILES string of the molecule is COc1ccc(-c2ccc3c(N4CCOCC4)nc(N4C[C@@H](C)O[C@@H](C)C4)nc3n2)cc1CNC(Cc1ccc([N+](=O)[O-])cc1)C(=O)O. The Hall–Kier alpha value is -4.92. The third-order valence-corrected chi connectivity index (χ3v) is 8.54. The highest BCUT2D eigenvalue weighted by Gasteiger charge is 2.27. The second-order valence-electron chi connectivity index (χ2n) is 12.1. The van der Waals surface area contributed by atoms with Gasteiger partial charge in [-0.25, -0.2) is 4.98 Å². The normalized spacial score (nSPS) is 18.9. The number of nitrogens with zero attached hydrogens (tertiary/aromatic N) is 6. The topological polar surface area (TPSA) is 165 Å². The van der Waals surface area contributed by atoms with Gasteiger partial charge in [0, 0.05) is 56.0 Å². The third kappa shape index (κ3) is 7.46. The van der Waals surface area contributed by atoms with E-state index in [9.17, 15) is 20.0 Å². The number of non-ortho nitro benzene ring substituents is 1. The highest BCUT2D eigenvalue weighted by Crippen LogP contribution is 2.32. The molecule has 0 saturated carbocycles. The summed E-state index contributed by atoms with van der Waals surface area (Å²) >= 11 is 0. The van der Waals surface area contributed by atoms with Crippen LogP contribution in [0.2, 0.25) is 0 Å². The van der Waals surface area contributed by atoms with E-state index >= 15 is 0 Å². The Labute approximate surface area is 277 Å². The van der Waals surface area contributed by atoms with Gasteiger partial charge in [-0.15, -0.1) is 0 Å². The summed E-state index contributed by atoms with van der Waals surface area (Å²) in [6.45, 7) is 8.34. The van der Waals surface area contributed by atoms with Crippen molar-refractivity contribution in [3.8, 4) is 17.0 Å². The van der Waals surface area contributed by atoms with E-state index < -0.39 is 16.9 Å². The van der Waals surface area contributed by atoms with Gasteiger partial charge in [-0.2, -0.15) is 9.97 Å². The van der Waals surface area contributed by atoms with Crippen LogP contribution < -0.4 is 19.9 Å². The Morgan fingerprint density at radius 3 is 2.44 bits per heavy atom. The summed E-state index contributed by atoms with van der Waals surface area (Å²) in [5, 5.41) is 24.9. The number of rotatable bonds is 11. The van der Waals surface area contributed by atoms with Gasteiger partial charge in [0.25, 0.3) is 5.69 Å². The minimum atomic E-state index is -1.03. The zero-order chi connectivity index (χ0) is 33.8. The van der Waals surface area contributed by atoms with Crippen molar-refractivity contribution in [2.24, 2.45) is 0 Å². The minimum absolute atomic E-state index is 0.0420. The Balaban J connectivity index is 1.29. The fourth-order valence-corrected chi connectivity index (χ4v) is 6.19. The van der Waals surface area contributed by atoms with Crippen LogP contribution >= 0.6 is 0 Å². The lowest BCUT2D eigenvalue weighted by molar-refractivity contribution is -0.384. The van der Waals surface area contributed by atoms with Crippen molar-refractivity contribution in [3.05, 3.63) is 75.8 Å². The Morgan fingerprint density at radius 2 is 1.77 bits per heavy atom. The predicted molar refractivity (Wildman–Crippen MR) is 180 cm³/mol. The average Bonchev–Trinajstić information content (AvgIpc) is 3.09. The van der Waals surface area contributed by atoms with Crippen LogP contribution in [0.3, 0.4) is 0 Å². The van der Waals surface area contributed by atoms with Crippen LogP contribution in [0.15, 0.2) is 54.6 Å². The number of hydrogen-bond donors (Lipinski definition) is 2. The molecule has 2 saturated heterocycles. The van der Waals surface area contributed by atoms with Gasteiger partial charge < -0.3 is 29.1 Å². The quantitative estimate of drug-likeness (QED) is 0.177. The molecule has 6 rings (SSSR count). The van der Waals surface area contributed by atoms with Crippen molar-refractivity contribution in [1.29, 1.82) is 0 Å². The van der Waals surface area contributed by atoms with Gasteiger partial charge in [-0.3, -0.25) is 20.2 Å². The number of aromatic nitrogens is 3. The van der Waals surface area contributed by atoms with E-state index in [1.165, 1.54) is 12.1 Å². The van der Waals surface area contributed by atoms with Crippen LogP contribution in [0.1, 0.15) is 25.0 Å². The molecule has 2 aliphatic heterocycles. The predicted octanol–water partition coefficient (Wildman–Crippen LogP) is 3.84. The molecule has 3 atom stereocenters. The molecule has 0 bridgehead atoms. The summed E-state index contributed by atoms with van der Waals surface area (Å²) in [5.41, 5.74) is 3.47. The van der Waals surface area contributed by atoms with E-state index in [0.717, 1.165) is 35.4 Å². The van der Waals surface area contributed by atoms with Crippen LogP contribution in [0.4, 0.5) is 17.5 Å². The van der Waals surface area contributed by atoms with Crippen molar-refractivity contribution < 1.29 is 29.0 Å². The summed E-state index contributed by atoms with van der Waals surface area (Å²) in [4.78, 5) is 42.0. The zero-order valence-corrected chi connectivity index (χ0v) is 27.2. The first kappa shape index (κ1) is 33.0. The second kappa shape index (κ2) is 14.5. The summed E-state index contributed by atoms with van der Waals surface area (Å²) in [5.74, 6) is 1.01. The number of benzene rings is 2. The van der Waals surface area contributed by atoms with Gasteiger partial charge in [0.15, 0.2) is 5.65 Å². The van der Waals surface area contributed by atoms with Gasteiger partial charge in [0.2, 0.25) is 5.95 Å². The maximum Gasteiger partial charge on any atom is 0.321 e. The zero-order valence-electron chi connectivity index (χ0n) is 27.2. The third-order valence-electron chi connectivity index (χ3n) is 8.54. The molecule has 2 aromatic carbocycles. The summed E-state index contributed by atoms with van der Waals surface area (Å²) in [6.07, 6.45) is 0.233. The number of hydrogen-bond acceptors (Lipinski definition) is 12. The molecule has 0 aliphatic carbocycles. The highest BCUT2D eigenvalue weighted by molar-refractivity contribution is 5.90. The van der Waals surface area contributed by atoms with Crippen LogP contribution in [0.25, 0.3) is 22.3 Å². The number of nitro benzene ring substituents is 1. The number of aliphatic carboxylic acids is 1. The molecule has 2 aliphatic rings. The van der Waals surface area contributed by atoms with E-state index in [2.05, 4.69) is 15.1 Å². The Bertz CT molecular complexity index is 1770. The highest BCUT2D eigenvalue weighted by atomic mass is 16.6. The van der Waals surface area contributed by atoms with Crippen molar-refractivity contribution in [2.75, 3.05) is 56.3 Å². The molecule has 14 heteroatoms. The van der Waals surface area contributed by atoms with Gasteiger partial charge in [-0.1, -0.05) is 12.1 Å². The monoisotopic (exact) mass is 657 g/mol. The molecule has 4 aromatic rings. The minimum Gasteiger partial charge on any atom is -0.496 e. The molecule has 14 nitrogen and oxygen atoms in total. The molecule has 0 radical (unpaired) electrons. The molecule has 48 heavy (non-hydrogen) atoms. The average molecular weight is 658 g/mol. The second-order valence-corrected chi connectivity index (χ2v) is 12.1. The van der Waals surface area contributed by atoms with E-state index in [0.29, 0.717) is 54.9 Å². The first-order valence-corrected chi connectivity index (χ1v) is 16.0. The van der Waals surface area contributed by atoms with E-state index in [1.54, 1.807) is 19.2 Å². The number of carbonyl (C=O) groups is 1. The van der Waals surface area contributed by atoms with Gasteiger partial charge in [-0.05, 0) is 56.2 Å². The summed E-state index contributed by atoms with van der Waals surface area (Å²) < 4.78 is 17.2. The molecule has 4 heterocycles.